The molecule has 0 fully saturated rings. The lowest BCUT2D eigenvalue weighted by Gasteiger charge is -2.09. The van der Waals surface area contributed by atoms with Crippen molar-refractivity contribution < 1.29 is 9.59 Å². The van der Waals surface area contributed by atoms with Crippen LogP contribution in [0.4, 0.5) is 11.4 Å². The molecule has 0 spiro atoms. The first-order chi connectivity index (χ1) is 12.0. The van der Waals surface area contributed by atoms with Gasteiger partial charge in [-0.3, -0.25) is 9.59 Å². The van der Waals surface area contributed by atoms with Gasteiger partial charge in [-0.25, -0.2) is 0 Å². The van der Waals surface area contributed by atoms with Crippen molar-refractivity contribution in [2.45, 2.75) is 39.5 Å². The molecule has 0 unspecified atom stereocenters. The van der Waals surface area contributed by atoms with E-state index in [0.717, 1.165) is 24.2 Å². The number of anilines is 2. The Morgan fingerprint density at radius 1 is 0.840 bits per heavy atom. The summed E-state index contributed by atoms with van der Waals surface area (Å²) in [6, 6.07) is 17.4. The highest BCUT2D eigenvalue weighted by Gasteiger charge is 2.06. The van der Waals surface area contributed by atoms with Crippen molar-refractivity contribution in [2.75, 3.05) is 10.6 Å². The number of hydrogen-bond acceptors (Lipinski definition) is 2. The van der Waals surface area contributed by atoms with Gasteiger partial charge in [-0.2, -0.15) is 0 Å². The van der Waals surface area contributed by atoms with Crippen molar-refractivity contribution in [3.8, 4) is 0 Å². The largest absolute Gasteiger partial charge is 0.326 e. The Morgan fingerprint density at radius 2 is 1.40 bits per heavy atom. The van der Waals surface area contributed by atoms with E-state index in [-0.39, 0.29) is 11.8 Å². The second-order valence-corrected chi connectivity index (χ2v) is 6.61. The monoisotopic (exact) mass is 338 g/mol. The number of benzene rings is 2. The van der Waals surface area contributed by atoms with E-state index < -0.39 is 0 Å². The van der Waals surface area contributed by atoms with E-state index in [4.69, 9.17) is 0 Å². The van der Waals surface area contributed by atoms with E-state index in [2.05, 4.69) is 22.8 Å². The molecule has 2 aromatic rings. The molecule has 2 N–H and O–H groups in total. The second kappa shape index (κ2) is 9.62. The third kappa shape index (κ3) is 7.21. The lowest BCUT2D eigenvalue weighted by molar-refractivity contribution is -0.117. The fourth-order valence-electron chi connectivity index (χ4n) is 2.54. The molecule has 4 heteroatoms. The van der Waals surface area contributed by atoms with E-state index in [1.807, 2.05) is 32.0 Å². The van der Waals surface area contributed by atoms with Gasteiger partial charge in [0, 0.05) is 24.2 Å². The maximum absolute atomic E-state index is 12.0. The van der Waals surface area contributed by atoms with Crippen molar-refractivity contribution in [1.82, 2.24) is 0 Å². The van der Waals surface area contributed by atoms with Gasteiger partial charge in [-0.05, 0) is 48.6 Å². The summed E-state index contributed by atoms with van der Waals surface area (Å²) in [7, 11) is 0. The number of aryl methyl sites for hydroxylation is 1. The van der Waals surface area contributed by atoms with Crippen LogP contribution in [0.2, 0.25) is 0 Å². The SMILES string of the molecule is CC(C)CC(=O)Nc1ccc(NC(=O)CCCc2ccccc2)cc1. The van der Waals surface area contributed by atoms with Gasteiger partial charge >= 0.3 is 0 Å². The molecule has 2 aromatic carbocycles. The van der Waals surface area contributed by atoms with Gasteiger partial charge in [-0.1, -0.05) is 44.2 Å². The first-order valence-electron chi connectivity index (χ1n) is 8.76. The lowest BCUT2D eigenvalue weighted by atomic mass is 10.1. The maximum atomic E-state index is 12.0. The van der Waals surface area contributed by atoms with Gasteiger partial charge < -0.3 is 10.6 Å². The first kappa shape index (κ1) is 18.7. The molecule has 0 atom stereocenters. The van der Waals surface area contributed by atoms with Crippen LogP contribution in [0.3, 0.4) is 0 Å². The number of hydrogen-bond donors (Lipinski definition) is 2. The summed E-state index contributed by atoms with van der Waals surface area (Å²) in [5, 5.41) is 5.74. The molecular weight excluding hydrogens is 312 g/mol. The number of nitrogens with one attached hydrogen (secondary N) is 2. The average molecular weight is 338 g/mol. The summed E-state index contributed by atoms with van der Waals surface area (Å²) in [5.74, 6) is 0.342. The fraction of sp³-hybridized carbons (Fsp3) is 0.333. The van der Waals surface area contributed by atoms with Crippen LogP contribution in [0, 0.1) is 5.92 Å². The molecule has 0 aromatic heterocycles. The summed E-state index contributed by atoms with van der Waals surface area (Å²) in [6.45, 7) is 4.02. The van der Waals surface area contributed by atoms with Gasteiger partial charge in [0.25, 0.3) is 0 Å². The number of rotatable bonds is 8. The third-order valence-corrected chi connectivity index (χ3v) is 3.76. The Kier molecular flexibility index (Phi) is 7.20. The minimum absolute atomic E-state index is 0.00697. The normalized spacial score (nSPS) is 10.5. The van der Waals surface area contributed by atoms with Crippen LogP contribution < -0.4 is 10.6 Å². The van der Waals surface area contributed by atoms with Crippen molar-refractivity contribution in [3.05, 3.63) is 60.2 Å². The van der Waals surface area contributed by atoms with E-state index in [9.17, 15) is 9.59 Å². The molecule has 0 aliphatic heterocycles. The third-order valence-electron chi connectivity index (χ3n) is 3.76. The summed E-state index contributed by atoms with van der Waals surface area (Å²) in [5.41, 5.74) is 2.73. The minimum atomic E-state index is 0.00697. The van der Waals surface area contributed by atoms with E-state index in [1.165, 1.54) is 5.56 Å². The number of carbonyl (C=O) groups excluding carboxylic acids is 2. The van der Waals surface area contributed by atoms with Crippen LogP contribution in [-0.4, -0.2) is 11.8 Å². The molecule has 0 radical (unpaired) electrons. The zero-order valence-corrected chi connectivity index (χ0v) is 14.9. The van der Waals surface area contributed by atoms with E-state index in [0.29, 0.717) is 18.8 Å². The predicted octanol–water partition coefficient (Wildman–Crippen LogP) is 4.63. The van der Waals surface area contributed by atoms with Crippen LogP contribution >= 0.6 is 0 Å². The van der Waals surface area contributed by atoms with Gasteiger partial charge in [0.1, 0.15) is 0 Å². The molecule has 0 saturated carbocycles. The van der Waals surface area contributed by atoms with Gasteiger partial charge in [0.15, 0.2) is 0 Å². The Morgan fingerprint density at radius 3 is 1.96 bits per heavy atom. The standard InChI is InChI=1S/C21H26N2O2/c1-16(2)15-21(25)23-19-13-11-18(12-14-19)22-20(24)10-6-9-17-7-4-3-5-8-17/h3-5,7-8,11-14,16H,6,9-10,15H2,1-2H3,(H,22,24)(H,23,25). The molecule has 4 nitrogen and oxygen atoms in total. The molecule has 0 saturated heterocycles. The molecular formula is C21H26N2O2. The van der Waals surface area contributed by atoms with Crippen molar-refractivity contribution >= 4 is 23.2 Å². The Hall–Kier alpha value is -2.62. The molecule has 0 heterocycles. The summed E-state index contributed by atoms with van der Waals surface area (Å²) >= 11 is 0. The van der Waals surface area contributed by atoms with Crippen LogP contribution in [0.1, 0.15) is 38.7 Å². The summed E-state index contributed by atoms with van der Waals surface area (Å²) < 4.78 is 0. The Bertz CT molecular complexity index is 679. The van der Waals surface area contributed by atoms with Crippen LogP contribution in [0.25, 0.3) is 0 Å². The highest BCUT2D eigenvalue weighted by atomic mass is 16.2. The van der Waals surface area contributed by atoms with Crippen molar-refractivity contribution in [1.29, 1.82) is 0 Å². The zero-order valence-electron chi connectivity index (χ0n) is 14.9. The van der Waals surface area contributed by atoms with E-state index >= 15 is 0 Å². The zero-order chi connectivity index (χ0) is 18.1. The molecule has 2 rings (SSSR count). The van der Waals surface area contributed by atoms with Gasteiger partial charge in [-0.15, -0.1) is 0 Å². The average Bonchev–Trinajstić information content (AvgIpc) is 2.57. The number of carbonyl (C=O) groups is 2. The first-order valence-corrected chi connectivity index (χ1v) is 8.76. The lowest BCUT2D eigenvalue weighted by Crippen LogP contribution is -2.14. The fourth-order valence-corrected chi connectivity index (χ4v) is 2.54. The molecule has 0 aliphatic carbocycles. The second-order valence-electron chi connectivity index (χ2n) is 6.61. The van der Waals surface area contributed by atoms with Crippen molar-refractivity contribution in [2.24, 2.45) is 5.92 Å². The smallest absolute Gasteiger partial charge is 0.224 e. The molecule has 2 amide bonds. The Balaban J connectivity index is 1.74. The highest BCUT2D eigenvalue weighted by molar-refractivity contribution is 5.93. The van der Waals surface area contributed by atoms with E-state index in [1.54, 1.807) is 24.3 Å². The maximum Gasteiger partial charge on any atom is 0.224 e. The van der Waals surface area contributed by atoms with Crippen molar-refractivity contribution in [3.63, 3.8) is 0 Å². The van der Waals surface area contributed by atoms with Gasteiger partial charge in [0.2, 0.25) is 11.8 Å². The predicted molar refractivity (Wildman–Crippen MR) is 103 cm³/mol. The highest BCUT2D eigenvalue weighted by Crippen LogP contribution is 2.15. The Labute approximate surface area is 149 Å². The van der Waals surface area contributed by atoms with Crippen LogP contribution in [-0.2, 0) is 16.0 Å². The van der Waals surface area contributed by atoms with Crippen LogP contribution in [0.15, 0.2) is 54.6 Å². The molecule has 132 valence electrons. The molecule has 0 aliphatic rings. The topological polar surface area (TPSA) is 58.2 Å². The number of amides is 2. The summed E-state index contributed by atoms with van der Waals surface area (Å²) in [6.07, 6.45) is 2.70. The summed E-state index contributed by atoms with van der Waals surface area (Å²) in [4.78, 5) is 23.7. The molecule has 0 bridgehead atoms. The van der Waals surface area contributed by atoms with Crippen LogP contribution in [0.5, 0.6) is 0 Å². The quantitative estimate of drug-likeness (QED) is 0.737. The minimum Gasteiger partial charge on any atom is -0.326 e. The molecule has 25 heavy (non-hydrogen) atoms. The van der Waals surface area contributed by atoms with Gasteiger partial charge in [0.05, 0.1) is 0 Å².